The van der Waals surface area contributed by atoms with Gasteiger partial charge in [-0.25, -0.2) is 0 Å². The van der Waals surface area contributed by atoms with Crippen LogP contribution in [0.25, 0.3) is 0 Å². The molecule has 0 radical (unpaired) electrons. The lowest BCUT2D eigenvalue weighted by molar-refractivity contribution is 0.0489. The van der Waals surface area contributed by atoms with E-state index >= 15 is 0 Å². The number of nitrogens with zero attached hydrogens (tertiary/aromatic N) is 1. The molecule has 2 fully saturated rings. The average molecular weight is 315 g/mol. The van der Waals surface area contributed by atoms with E-state index in [1.165, 1.54) is 37.7 Å². The Kier molecular flexibility index (Phi) is 5.37. The Bertz CT molecular complexity index is 519. The molecule has 0 bridgehead atoms. The van der Waals surface area contributed by atoms with Crippen LogP contribution in [0.3, 0.4) is 0 Å². The summed E-state index contributed by atoms with van der Waals surface area (Å²) in [6, 6.07) is 8.58. The van der Waals surface area contributed by atoms with E-state index in [0.717, 1.165) is 18.4 Å². The molecule has 1 heterocycles. The molecule has 126 valence electrons. The summed E-state index contributed by atoms with van der Waals surface area (Å²) in [4.78, 5) is 14.7. The number of benzene rings is 1. The molecule has 1 saturated carbocycles. The van der Waals surface area contributed by atoms with Gasteiger partial charge in [-0.3, -0.25) is 4.79 Å². The van der Waals surface area contributed by atoms with Crippen molar-refractivity contribution in [2.45, 2.75) is 63.8 Å². The third kappa shape index (κ3) is 3.77. The smallest absolute Gasteiger partial charge is 0.254 e. The molecule has 2 atom stereocenters. The van der Waals surface area contributed by atoms with Gasteiger partial charge in [0.25, 0.3) is 5.91 Å². The molecule has 3 rings (SSSR count). The fourth-order valence-corrected chi connectivity index (χ4v) is 4.11. The van der Waals surface area contributed by atoms with Gasteiger partial charge in [-0.2, -0.15) is 0 Å². The molecule has 1 saturated heterocycles. The molecule has 3 nitrogen and oxygen atoms in total. The van der Waals surface area contributed by atoms with Crippen molar-refractivity contribution in [2.24, 2.45) is 5.92 Å². The Morgan fingerprint density at radius 2 is 1.78 bits per heavy atom. The molecule has 0 spiro atoms. The maximum atomic E-state index is 12.8. The molecule has 1 aromatic carbocycles. The van der Waals surface area contributed by atoms with Crippen LogP contribution in [0.5, 0.6) is 0 Å². The molecule has 1 aliphatic heterocycles. The normalized spacial score (nSPS) is 26.3. The lowest BCUT2D eigenvalue weighted by Crippen LogP contribution is -2.46. The van der Waals surface area contributed by atoms with E-state index in [-0.39, 0.29) is 24.5 Å². The third-order valence-electron chi connectivity index (χ3n) is 5.73. The van der Waals surface area contributed by atoms with Crippen LogP contribution in [0.1, 0.15) is 73.7 Å². The van der Waals surface area contributed by atoms with Crippen molar-refractivity contribution in [3.8, 4) is 0 Å². The van der Waals surface area contributed by atoms with E-state index in [4.69, 9.17) is 0 Å². The lowest BCUT2D eigenvalue weighted by atomic mass is 9.84. The summed E-state index contributed by atoms with van der Waals surface area (Å²) in [7, 11) is 0. The number of carbonyl (C=O) groups excluding carboxylic acids is 1. The molecular formula is C20H29NO2. The van der Waals surface area contributed by atoms with Gasteiger partial charge in [0, 0.05) is 24.8 Å². The van der Waals surface area contributed by atoms with Crippen molar-refractivity contribution in [3.05, 3.63) is 35.4 Å². The minimum absolute atomic E-state index is 0.117. The van der Waals surface area contributed by atoms with Crippen LogP contribution in [-0.4, -0.2) is 35.1 Å². The second-order valence-electron chi connectivity index (χ2n) is 7.39. The van der Waals surface area contributed by atoms with E-state index in [1.54, 1.807) is 0 Å². The van der Waals surface area contributed by atoms with E-state index in [9.17, 15) is 9.90 Å². The number of hydrogen-bond donors (Lipinski definition) is 1. The van der Waals surface area contributed by atoms with Gasteiger partial charge >= 0.3 is 0 Å². The highest BCUT2D eigenvalue weighted by Gasteiger charge is 2.29. The van der Waals surface area contributed by atoms with Crippen LogP contribution in [0, 0.1) is 5.92 Å². The Balaban J connectivity index is 1.69. The first kappa shape index (κ1) is 16.5. The van der Waals surface area contributed by atoms with Crippen molar-refractivity contribution >= 4 is 5.91 Å². The first-order chi connectivity index (χ1) is 11.2. The average Bonchev–Trinajstić information content (AvgIpc) is 2.62. The number of likely N-dealkylation sites (tertiary alicyclic amines) is 1. The number of piperidine rings is 1. The topological polar surface area (TPSA) is 40.5 Å². The summed E-state index contributed by atoms with van der Waals surface area (Å²) in [5.41, 5.74) is 2.18. The highest BCUT2D eigenvalue weighted by Crippen LogP contribution is 2.33. The van der Waals surface area contributed by atoms with Gasteiger partial charge in [0.2, 0.25) is 0 Å². The number of rotatable bonds is 3. The quantitative estimate of drug-likeness (QED) is 0.917. The fraction of sp³-hybridized carbons (Fsp3) is 0.650. The van der Waals surface area contributed by atoms with Crippen molar-refractivity contribution in [3.63, 3.8) is 0 Å². The fourth-order valence-electron chi connectivity index (χ4n) is 4.11. The number of amides is 1. The first-order valence-corrected chi connectivity index (χ1v) is 9.21. The molecule has 3 heteroatoms. The highest BCUT2D eigenvalue weighted by atomic mass is 16.3. The second kappa shape index (κ2) is 7.48. The van der Waals surface area contributed by atoms with E-state index in [2.05, 4.69) is 19.1 Å². The maximum absolute atomic E-state index is 12.8. The second-order valence-corrected chi connectivity index (χ2v) is 7.39. The summed E-state index contributed by atoms with van der Waals surface area (Å²) >= 11 is 0. The van der Waals surface area contributed by atoms with E-state index in [1.807, 2.05) is 17.0 Å². The molecule has 1 amide bonds. The van der Waals surface area contributed by atoms with Crippen molar-refractivity contribution in [2.75, 3.05) is 13.2 Å². The molecule has 2 unspecified atom stereocenters. The Morgan fingerprint density at radius 1 is 1.09 bits per heavy atom. The van der Waals surface area contributed by atoms with Crippen molar-refractivity contribution < 1.29 is 9.90 Å². The molecule has 1 aliphatic carbocycles. The van der Waals surface area contributed by atoms with Gasteiger partial charge in [0.1, 0.15) is 0 Å². The molecule has 0 aromatic heterocycles. The monoisotopic (exact) mass is 315 g/mol. The van der Waals surface area contributed by atoms with Crippen molar-refractivity contribution in [1.82, 2.24) is 4.90 Å². The zero-order chi connectivity index (χ0) is 16.2. The molecule has 2 aliphatic rings. The van der Waals surface area contributed by atoms with Crippen molar-refractivity contribution in [1.29, 1.82) is 0 Å². The van der Waals surface area contributed by atoms with Crippen LogP contribution in [0.4, 0.5) is 0 Å². The Morgan fingerprint density at radius 3 is 2.43 bits per heavy atom. The number of aliphatic hydroxyl groups is 1. The lowest BCUT2D eigenvalue weighted by Gasteiger charge is -2.37. The Hall–Kier alpha value is -1.35. The SMILES string of the molecule is CC1CCC(CO)CN1C(=O)c1ccc(C2CCCCC2)cc1. The predicted molar refractivity (Wildman–Crippen MR) is 92.6 cm³/mol. The summed E-state index contributed by atoms with van der Waals surface area (Å²) in [6.45, 7) is 2.97. The van der Waals surface area contributed by atoms with Gasteiger partial charge < -0.3 is 10.0 Å². The third-order valence-corrected chi connectivity index (χ3v) is 5.73. The van der Waals surface area contributed by atoms with Gasteiger partial charge in [-0.1, -0.05) is 31.4 Å². The summed E-state index contributed by atoms with van der Waals surface area (Å²) < 4.78 is 0. The summed E-state index contributed by atoms with van der Waals surface area (Å²) in [5.74, 6) is 1.03. The highest BCUT2D eigenvalue weighted by molar-refractivity contribution is 5.94. The minimum atomic E-state index is 0.117. The summed E-state index contributed by atoms with van der Waals surface area (Å²) in [6.07, 6.45) is 8.60. The predicted octanol–water partition coefficient (Wildman–Crippen LogP) is 3.97. The van der Waals surface area contributed by atoms with E-state index in [0.29, 0.717) is 12.5 Å². The number of carbonyl (C=O) groups is 1. The molecule has 23 heavy (non-hydrogen) atoms. The standard InChI is InChI=1S/C20H29NO2/c1-15-7-8-16(14-22)13-21(15)20(23)19-11-9-18(10-12-19)17-5-3-2-4-6-17/h9-12,15-17,22H,2-8,13-14H2,1H3. The van der Waals surface area contributed by atoms with Gasteiger partial charge in [0.05, 0.1) is 0 Å². The molecular weight excluding hydrogens is 286 g/mol. The van der Waals surface area contributed by atoms with Crippen LogP contribution in [0.2, 0.25) is 0 Å². The van der Waals surface area contributed by atoms with Gasteiger partial charge in [0.15, 0.2) is 0 Å². The largest absolute Gasteiger partial charge is 0.396 e. The Labute approximate surface area is 139 Å². The first-order valence-electron chi connectivity index (χ1n) is 9.21. The zero-order valence-corrected chi connectivity index (χ0v) is 14.2. The maximum Gasteiger partial charge on any atom is 0.254 e. The molecule has 1 aromatic rings. The van der Waals surface area contributed by atoms with E-state index < -0.39 is 0 Å². The van der Waals surface area contributed by atoms with Gasteiger partial charge in [-0.15, -0.1) is 0 Å². The minimum Gasteiger partial charge on any atom is -0.396 e. The van der Waals surface area contributed by atoms with Crippen LogP contribution in [-0.2, 0) is 0 Å². The van der Waals surface area contributed by atoms with Crippen LogP contribution >= 0.6 is 0 Å². The van der Waals surface area contributed by atoms with Gasteiger partial charge in [-0.05, 0) is 62.1 Å². The van der Waals surface area contributed by atoms with Crippen LogP contribution in [0.15, 0.2) is 24.3 Å². The zero-order valence-electron chi connectivity index (χ0n) is 14.2. The van der Waals surface area contributed by atoms with Crippen LogP contribution < -0.4 is 0 Å². The molecule has 1 N–H and O–H groups in total. The number of hydrogen-bond acceptors (Lipinski definition) is 2. The summed E-state index contributed by atoms with van der Waals surface area (Å²) in [5, 5.41) is 9.39. The number of aliphatic hydroxyl groups excluding tert-OH is 1.